The van der Waals surface area contributed by atoms with Gasteiger partial charge in [0.1, 0.15) is 12.2 Å². The number of benzene rings is 1. The number of hydrogen-bond acceptors (Lipinski definition) is 2. The summed E-state index contributed by atoms with van der Waals surface area (Å²) in [6.45, 7) is -0.402. The van der Waals surface area contributed by atoms with E-state index in [1.807, 2.05) is 12.1 Å². The molecule has 1 amide bonds. The van der Waals surface area contributed by atoms with E-state index in [1.165, 1.54) is 0 Å². The van der Waals surface area contributed by atoms with Crippen LogP contribution in [0.5, 0.6) is 0 Å². The predicted molar refractivity (Wildman–Crippen MR) is 75.8 cm³/mol. The topological polar surface area (TPSA) is 71.3 Å². The summed E-state index contributed by atoms with van der Waals surface area (Å²) in [5.74, 6) is -1.50. The van der Waals surface area contributed by atoms with E-state index in [-0.39, 0.29) is 0 Å². The zero-order valence-electron chi connectivity index (χ0n) is 10.8. The molecule has 0 aliphatic carbocycles. The highest BCUT2D eigenvalue weighted by Crippen LogP contribution is 2.23. The average Bonchev–Trinajstić information content (AvgIpc) is 2.79. The summed E-state index contributed by atoms with van der Waals surface area (Å²) < 4.78 is 1.71. The van der Waals surface area contributed by atoms with Gasteiger partial charge in [-0.25, -0.2) is 0 Å². The van der Waals surface area contributed by atoms with E-state index in [1.54, 1.807) is 35.9 Å². The Morgan fingerprint density at radius 2 is 1.85 bits per heavy atom. The van der Waals surface area contributed by atoms with Gasteiger partial charge in [-0.3, -0.25) is 9.59 Å². The van der Waals surface area contributed by atoms with Crippen LogP contribution in [0.2, 0.25) is 5.02 Å². The minimum Gasteiger partial charge on any atom is -0.480 e. The van der Waals surface area contributed by atoms with Crippen molar-refractivity contribution in [3.8, 4) is 11.3 Å². The lowest BCUT2D eigenvalue weighted by molar-refractivity contribution is -0.135. The van der Waals surface area contributed by atoms with Crippen molar-refractivity contribution < 1.29 is 14.7 Å². The molecule has 0 saturated heterocycles. The number of amides is 1. The van der Waals surface area contributed by atoms with Crippen molar-refractivity contribution in [3.63, 3.8) is 0 Å². The molecular weight excluding hydrogens is 280 g/mol. The van der Waals surface area contributed by atoms with Crippen LogP contribution in [-0.2, 0) is 11.8 Å². The molecule has 0 atom stereocenters. The number of carbonyl (C=O) groups is 2. The zero-order valence-corrected chi connectivity index (χ0v) is 11.5. The fraction of sp³-hybridized carbons (Fsp3) is 0.143. The van der Waals surface area contributed by atoms with Gasteiger partial charge in [-0.15, -0.1) is 0 Å². The molecule has 0 spiro atoms. The second-order valence-corrected chi connectivity index (χ2v) is 4.68. The van der Waals surface area contributed by atoms with Gasteiger partial charge in [0.05, 0.1) is 0 Å². The molecule has 2 rings (SSSR count). The number of aliphatic carboxylic acids is 1. The van der Waals surface area contributed by atoms with Gasteiger partial charge < -0.3 is 15.0 Å². The Labute approximate surface area is 120 Å². The van der Waals surface area contributed by atoms with Gasteiger partial charge in [-0.2, -0.15) is 0 Å². The third-order valence-corrected chi connectivity index (χ3v) is 3.15. The molecular formula is C14H13ClN2O3. The van der Waals surface area contributed by atoms with Gasteiger partial charge in [0.2, 0.25) is 0 Å². The first-order valence-electron chi connectivity index (χ1n) is 5.90. The van der Waals surface area contributed by atoms with Crippen molar-refractivity contribution in [1.82, 2.24) is 9.88 Å². The number of rotatable bonds is 4. The summed E-state index contributed by atoms with van der Waals surface area (Å²) in [6.07, 6.45) is 0. The fourth-order valence-corrected chi connectivity index (χ4v) is 2.02. The number of nitrogens with one attached hydrogen (secondary N) is 1. The lowest BCUT2D eigenvalue weighted by Gasteiger charge is -2.08. The molecule has 0 fully saturated rings. The Kier molecular flexibility index (Phi) is 4.10. The number of carboxylic acid groups (broad SMARTS) is 1. The quantitative estimate of drug-likeness (QED) is 0.907. The van der Waals surface area contributed by atoms with Crippen molar-refractivity contribution in [2.45, 2.75) is 0 Å². The maximum atomic E-state index is 11.9. The molecule has 0 aliphatic heterocycles. The normalized spacial score (nSPS) is 10.3. The van der Waals surface area contributed by atoms with Crippen molar-refractivity contribution in [2.75, 3.05) is 6.54 Å². The summed E-state index contributed by atoms with van der Waals surface area (Å²) in [5, 5.41) is 11.5. The summed E-state index contributed by atoms with van der Waals surface area (Å²) in [5.41, 5.74) is 2.17. The maximum absolute atomic E-state index is 11.9. The number of hydrogen-bond donors (Lipinski definition) is 2. The molecule has 0 unspecified atom stereocenters. The van der Waals surface area contributed by atoms with E-state index < -0.39 is 18.4 Å². The number of halogens is 1. The smallest absolute Gasteiger partial charge is 0.322 e. The minimum absolute atomic E-state index is 0.399. The van der Waals surface area contributed by atoms with E-state index >= 15 is 0 Å². The molecule has 20 heavy (non-hydrogen) atoms. The second kappa shape index (κ2) is 5.79. The van der Waals surface area contributed by atoms with Gasteiger partial charge in [0, 0.05) is 17.8 Å². The third kappa shape index (κ3) is 3.00. The van der Waals surface area contributed by atoms with E-state index in [0.717, 1.165) is 11.3 Å². The first kappa shape index (κ1) is 14.1. The lowest BCUT2D eigenvalue weighted by Crippen LogP contribution is -2.30. The third-order valence-electron chi connectivity index (χ3n) is 2.89. The Balaban J connectivity index is 2.24. The van der Waals surface area contributed by atoms with Crippen LogP contribution >= 0.6 is 11.6 Å². The fourth-order valence-electron chi connectivity index (χ4n) is 1.90. The SMILES string of the molecule is Cn1c(C(=O)NCC(=O)O)ccc1-c1ccc(Cl)cc1. The zero-order chi connectivity index (χ0) is 14.7. The highest BCUT2D eigenvalue weighted by molar-refractivity contribution is 6.30. The van der Waals surface area contributed by atoms with Crippen LogP contribution in [0.25, 0.3) is 11.3 Å². The summed E-state index contributed by atoms with van der Waals surface area (Å²) >= 11 is 5.84. The van der Waals surface area contributed by atoms with Crippen LogP contribution in [0.1, 0.15) is 10.5 Å². The van der Waals surface area contributed by atoms with Crippen molar-refractivity contribution in [3.05, 3.63) is 47.1 Å². The van der Waals surface area contributed by atoms with Crippen LogP contribution in [0, 0.1) is 0 Å². The first-order valence-corrected chi connectivity index (χ1v) is 6.28. The van der Waals surface area contributed by atoms with Crippen molar-refractivity contribution in [2.24, 2.45) is 7.05 Å². The maximum Gasteiger partial charge on any atom is 0.322 e. The van der Waals surface area contributed by atoms with E-state index in [4.69, 9.17) is 16.7 Å². The van der Waals surface area contributed by atoms with Gasteiger partial charge in [0.15, 0.2) is 0 Å². The minimum atomic E-state index is -1.08. The van der Waals surface area contributed by atoms with E-state index in [0.29, 0.717) is 10.7 Å². The highest BCUT2D eigenvalue weighted by Gasteiger charge is 2.14. The average molecular weight is 293 g/mol. The number of aromatic nitrogens is 1. The van der Waals surface area contributed by atoms with E-state index in [2.05, 4.69) is 5.32 Å². The Morgan fingerprint density at radius 3 is 2.45 bits per heavy atom. The van der Waals surface area contributed by atoms with Crippen molar-refractivity contribution >= 4 is 23.5 Å². The Bertz CT molecular complexity index is 647. The molecule has 1 aromatic carbocycles. The van der Waals surface area contributed by atoms with Gasteiger partial charge in [-0.05, 0) is 29.8 Å². The molecule has 104 valence electrons. The lowest BCUT2D eigenvalue weighted by atomic mass is 10.1. The molecule has 6 heteroatoms. The van der Waals surface area contributed by atoms with Gasteiger partial charge in [-0.1, -0.05) is 23.7 Å². The Hall–Kier alpha value is -2.27. The molecule has 1 aromatic heterocycles. The molecule has 2 N–H and O–H groups in total. The molecule has 1 heterocycles. The van der Waals surface area contributed by atoms with Crippen LogP contribution in [0.4, 0.5) is 0 Å². The molecule has 2 aromatic rings. The second-order valence-electron chi connectivity index (χ2n) is 4.25. The molecule has 0 aliphatic rings. The van der Waals surface area contributed by atoms with Crippen LogP contribution in [0.3, 0.4) is 0 Å². The Morgan fingerprint density at radius 1 is 1.20 bits per heavy atom. The molecule has 5 nitrogen and oxygen atoms in total. The number of carboxylic acids is 1. The van der Waals surface area contributed by atoms with Gasteiger partial charge >= 0.3 is 5.97 Å². The van der Waals surface area contributed by atoms with E-state index in [9.17, 15) is 9.59 Å². The predicted octanol–water partition coefficient (Wildman–Crippen LogP) is 2.16. The number of carbonyl (C=O) groups excluding carboxylic acids is 1. The summed E-state index contributed by atoms with van der Waals surface area (Å²) in [4.78, 5) is 22.3. The molecule has 0 saturated carbocycles. The van der Waals surface area contributed by atoms with Crippen LogP contribution in [0.15, 0.2) is 36.4 Å². The summed E-state index contributed by atoms with van der Waals surface area (Å²) in [6, 6.07) is 10.7. The summed E-state index contributed by atoms with van der Waals surface area (Å²) in [7, 11) is 1.75. The highest BCUT2D eigenvalue weighted by atomic mass is 35.5. The largest absolute Gasteiger partial charge is 0.480 e. The number of nitrogens with zero attached hydrogens (tertiary/aromatic N) is 1. The molecule has 0 radical (unpaired) electrons. The van der Waals surface area contributed by atoms with Crippen LogP contribution in [-0.4, -0.2) is 28.1 Å². The molecule has 0 bridgehead atoms. The van der Waals surface area contributed by atoms with Crippen molar-refractivity contribution in [1.29, 1.82) is 0 Å². The van der Waals surface area contributed by atoms with Crippen LogP contribution < -0.4 is 5.32 Å². The standard InChI is InChI=1S/C14H13ClN2O3/c1-17-11(9-2-4-10(15)5-3-9)6-7-12(17)14(20)16-8-13(18)19/h2-7H,8H2,1H3,(H,16,20)(H,18,19). The first-order chi connectivity index (χ1) is 9.49. The van der Waals surface area contributed by atoms with Gasteiger partial charge in [0.25, 0.3) is 5.91 Å². The monoisotopic (exact) mass is 292 g/mol.